The second-order valence-electron chi connectivity index (χ2n) is 5.13. The molecule has 23 heavy (non-hydrogen) atoms. The van der Waals surface area contributed by atoms with Gasteiger partial charge in [-0.05, 0) is 44.3 Å². The maximum atomic E-state index is 11.7. The number of hydrogen-bond donors (Lipinski definition) is 3. The van der Waals surface area contributed by atoms with Gasteiger partial charge < -0.3 is 5.32 Å². The van der Waals surface area contributed by atoms with Gasteiger partial charge in [0.1, 0.15) is 0 Å². The van der Waals surface area contributed by atoms with E-state index in [0.29, 0.717) is 5.11 Å². The molecule has 6 nitrogen and oxygen atoms in total. The summed E-state index contributed by atoms with van der Waals surface area (Å²) >= 11 is 5.01. The van der Waals surface area contributed by atoms with Crippen LogP contribution < -0.4 is 16.2 Å². The number of nitrogens with one attached hydrogen (secondary N) is 3. The molecule has 1 aromatic heterocycles. The standard InChI is InChI=1S/C16H19N5OS/c1-12(2)18-16(23)20-19-15(22)9-8-13-10-17-21(11-13)14-6-4-3-5-7-14/h3-12H,1-2H3,(H,19,22)(H2,18,20,23)/b9-8+. The third-order valence-electron chi connectivity index (χ3n) is 2.77. The van der Waals surface area contributed by atoms with E-state index >= 15 is 0 Å². The number of carbonyl (C=O) groups is 1. The first-order chi connectivity index (χ1) is 11.0. The molecule has 0 radical (unpaired) electrons. The van der Waals surface area contributed by atoms with Gasteiger partial charge in [0.15, 0.2) is 5.11 Å². The fraction of sp³-hybridized carbons (Fsp3) is 0.188. The highest BCUT2D eigenvalue weighted by atomic mass is 32.1. The van der Waals surface area contributed by atoms with Crippen LogP contribution in [0.4, 0.5) is 0 Å². The van der Waals surface area contributed by atoms with Crippen LogP contribution in [0.25, 0.3) is 11.8 Å². The van der Waals surface area contributed by atoms with Crippen LogP contribution in [0, 0.1) is 0 Å². The van der Waals surface area contributed by atoms with Crippen molar-refractivity contribution in [1.82, 2.24) is 25.9 Å². The summed E-state index contributed by atoms with van der Waals surface area (Å²) < 4.78 is 1.75. The van der Waals surface area contributed by atoms with Crippen LogP contribution in [0.1, 0.15) is 19.4 Å². The predicted octanol–water partition coefficient (Wildman–Crippen LogP) is 1.79. The number of hydrogen-bond acceptors (Lipinski definition) is 3. The van der Waals surface area contributed by atoms with Gasteiger partial charge in [-0.3, -0.25) is 15.6 Å². The summed E-state index contributed by atoms with van der Waals surface area (Å²) in [5, 5.41) is 7.59. The molecule has 3 N–H and O–H groups in total. The molecule has 0 bridgehead atoms. The van der Waals surface area contributed by atoms with Crippen molar-refractivity contribution in [3.05, 3.63) is 54.4 Å². The molecule has 0 spiro atoms. The van der Waals surface area contributed by atoms with Gasteiger partial charge in [-0.15, -0.1) is 0 Å². The Bertz CT molecular complexity index is 694. The second-order valence-corrected chi connectivity index (χ2v) is 5.54. The molecule has 2 aromatic rings. The predicted molar refractivity (Wildman–Crippen MR) is 94.7 cm³/mol. The van der Waals surface area contributed by atoms with Crippen molar-refractivity contribution in [1.29, 1.82) is 0 Å². The molecule has 0 unspecified atom stereocenters. The number of hydrazine groups is 1. The van der Waals surface area contributed by atoms with E-state index in [9.17, 15) is 4.79 Å². The van der Waals surface area contributed by atoms with Crippen molar-refractivity contribution in [2.24, 2.45) is 0 Å². The summed E-state index contributed by atoms with van der Waals surface area (Å²) in [5.41, 5.74) is 6.91. The molecule has 0 fully saturated rings. The van der Waals surface area contributed by atoms with Crippen LogP contribution >= 0.6 is 12.2 Å². The molecular weight excluding hydrogens is 310 g/mol. The Morgan fingerprint density at radius 2 is 2.00 bits per heavy atom. The van der Waals surface area contributed by atoms with Gasteiger partial charge in [0.25, 0.3) is 5.91 Å². The average Bonchev–Trinajstić information content (AvgIpc) is 3.00. The first kappa shape index (κ1) is 16.7. The van der Waals surface area contributed by atoms with Crippen LogP contribution in [0.15, 0.2) is 48.8 Å². The second kappa shape index (κ2) is 8.09. The molecule has 0 saturated carbocycles. The van der Waals surface area contributed by atoms with Crippen LogP contribution in [0.5, 0.6) is 0 Å². The summed E-state index contributed by atoms with van der Waals surface area (Å²) in [5.74, 6) is -0.301. The van der Waals surface area contributed by atoms with Gasteiger partial charge in [0.2, 0.25) is 0 Å². The zero-order valence-corrected chi connectivity index (χ0v) is 13.8. The Hall–Kier alpha value is -2.67. The highest BCUT2D eigenvalue weighted by molar-refractivity contribution is 7.80. The lowest BCUT2D eigenvalue weighted by molar-refractivity contribution is -0.116. The van der Waals surface area contributed by atoms with Crippen molar-refractivity contribution in [2.75, 3.05) is 0 Å². The molecule has 120 valence electrons. The number of amides is 1. The van der Waals surface area contributed by atoms with Gasteiger partial charge in [-0.1, -0.05) is 18.2 Å². The molecule has 0 aliphatic carbocycles. The Balaban J connectivity index is 1.87. The number of aromatic nitrogens is 2. The zero-order chi connectivity index (χ0) is 16.7. The lowest BCUT2D eigenvalue weighted by Gasteiger charge is -2.12. The third-order valence-corrected chi connectivity index (χ3v) is 2.99. The van der Waals surface area contributed by atoms with E-state index in [1.165, 1.54) is 6.08 Å². The number of nitrogens with zero attached hydrogens (tertiary/aromatic N) is 2. The Morgan fingerprint density at radius 3 is 2.70 bits per heavy atom. The molecular formula is C16H19N5OS. The third kappa shape index (κ3) is 5.55. The first-order valence-electron chi connectivity index (χ1n) is 7.19. The highest BCUT2D eigenvalue weighted by Crippen LogP contribution is 2.08. The van der Waals surface area contributed by atoms with Crippen molar-refractivity contribution in [2.45, 2.75) is 19.9 Å². The molecule has 1 amide bonds. The number of para-hydroxylation sites is 1. The summed E-state index contributed by atoms with van der Waals surface area (Å²) in [7, 11) is 0. The lowest BCUT2D eigenvalue weighted by Crippen LogP contribution is -2.48. The van der Waals surface area contributed by atoms with Gasteiger partial charge in [0, 0.05) is 23.9 Å². The summed E-state index contributed by atoms with van der Waals surface area (Å²) in [4.78, 5) is 11.7. The van der Waals surface area contributed by atoms with E-state index in [1.54, 1.807) is 17.0 Å². The van der Waals surface area contributed by atoms with Crippen molar-refractivity contribution < 1.29 is 4.79 Å². The molecule has 2 rings (SSSR count). The van der Waals surface area contributed by atoms with Gasteiger partial charge in [-0.25, -0.2) is 4.68 Å². The quantitative estimate of drug-likeness (QED) is 0.453. The van der Waals surface area contributed by atoms with E-state index in [4.69, 9.17) is 12.2 Å². The minimum atomic E-state index is -0.301. The van der Waals surface area contributed by atoms with E-state index in [-0.39, 0.29) is 11.9 Å². The monoisotopic (exact) mass is 329 g/mol. The van der Waals surface area contributed by atoms with Crippen LogP contribution in [-0.4, -0.2) is 26.8 Å². The molecule has 7 heteroatoms. The summed E-state index contributed by atoms with van der Waals surface area (Å²) in [6, 6.07) is 9.95. The smallest absolute Gasteiger partial charge is 0.262 e. The van der Waals surface area contributed by atoms with Gasteiger partial charge >= 0.3 is 0 Å². The maximum absolute atomic E-state index is 11.7. The molecule has 1 aromatic carbocycles. The minimum absolute atomic E-state index is 0.200. The Labute approximate surface area is 140 Å². The van der Waals surface area contributed by atoms with Crippen molar-refractivity contribution in [3.8, 4) is 5.69 Å². The Morgan fingerprint density at radius 1 is 1.26 bits per heavy atom. The fourth-order valence-corrected chi connectivity index (χ4v) is 2.06. The highest BCUT2D eigenvalue weighted by Gasteiger charge is 2.01. The minimum Gasteiger partial charge on any atom is -0.359 e. The zero-order valence-electron chi connectivity index (χ0n) is 13.0. The summed E-state index contributed by atoms with van der Waals surface area (Å²) in [6.45, 7) is 3.92. The molecule has 0 aliphatic heterocycles. The maximum Gasteiger partial charge on any atom is 0.262 e. The molecule has 0 aliphatic rings. The van der Waals surface area contributed by atoms with E-state index in [2.05, 4.69) is 21.3 Å². The van der Waals surface area contributed by atoms with E-state index < -0.39 is 0 Å². The number of thiocarbonyl (C=S) groups is 1. The van der Waals surface area contributed by atoms with Crippen molar-refractivity contribution >= 4 is 29.3 Å². The van der Waals surface area contributed by atoms with E-state index in [1.807, 2.05) is 50.4 Å². The molecule has 1 heterocycles. The number of rotatable bonds is 4. The number of benzene rings is 1. The molecule has 0 atom stereocenters. The SMILES string of the molecule is CC(C)NC(=S)NNC(=O)/C=C/c1cnn(-c2ccccc2)c1. The van der Waals surface area contributed by atoms with Crippen LogP contribution in [0.3, 0.4) is 0 Å². The molecule has 0 saturated heterocycles. The van der Waals surface area contributed by atoms with E-state index in [0.717, 1.165) is 11.3 Å². The summed E-state index contributed by atoms with van der Waals surface area (Å²) in [6.07, 6.45) is 6.63. The first-order valence-corrected chi connectivity index (χ1v) is 7.60. The normalized spacial score (nSPS) is 10.7. The van der Waals surface area contributed by atoms with Gasteiger partial charge in [-0.2, -0.15) is 5.10 Å². The van der Waals surface area contributed by atoms with Gasteiger partial charge in [0.05, 0.1) is 11.9 Å². The largest absolute Gasteiger partial charge is 0.359 e. The topological polar surface area (TPSA) is 71.0 Å². The fourth-order valence-electron chi connectivity index (χ4n) is 1.77. The van der Waals surface area contributed by atoms with Crippen molar-refractivity contribution in [3.63, 3.8) is 0 Å². The lowest BCUT2D eigenvalue weighted by atomic mass is 10.3. The average molecular weight is 329 g/mol. The Kier molecular flexibility index (Phi) is 5.87. The van der Waals surface area contributed by atoms with Crippen LogP contribution in [-0.2, 0) is 4.79 Å². The number of carbonyl (C=O) groups excluding carboxylic acids is 1. The van der Waals surface area contributed by atoms with Crippen LogP contribution in [0.2, 0.25) is 0 Å².